The minimum Gasteiger partial charge on any atom is -0.505 e. The zero-order valence-corrected chi connectivity index (χ0v) is 5.75. The normalized spacial score (nSPS) is 9.09. The second-order valence-corrected chi connectivity index (χ2v) is 1.97. The minimum atomic E-state index is -0.671. The highest BCUT2D eigenvalue weighted by atomic mass is 16.3. The Labute approximate surface area is 61.9 Å². The molecule has 11 heavy (non-hydrogen) atoms. The molecule has 2 N–H and O–H groups in total. The summed E-state index contributed by atoms with van der Waals surface area (Å²) in [7, 11) is 0. The third-order valence-electron chi connectivity index (χ3n) is 1.24. The van der Waals surface area contributed by atoms with E-state index >= 15 is 0 Å². The van der Waals surface area contributed by atoms with Crippen molar-refractivity contribution >= 4 is 0 Å². The number of H-pyrrole nitrogens is 1. The van der Waals surface area contributed by atoms with Crippen LogP contribution in [0.2, 0.25) is 0 Å². The van der Waals surface area contributed by atoms with Crippen LogP contribution in [0.1, 0.15) is 11.3 Å². The minimum absolute atomic E-state index is 0.237. The van der Waals surface area contributed by atoms with Crippen molar-refractivity contribution in [2.75, 3.05) is 0 Å². The number of nitrogens with zero attached hydrogens (tertiary/aromatic N) is 2. The summed E-state index contributed by atoms with van der Waals surface area (Å²) in [6.07, 6.45) is 0. The Kier molecular flexibility index (Phi) is 1.60. The topological polar surface area (TPSA) is 89.8 Å². The van der Waals surface area contributed by atoms with Crippen LogP contribution in [0.5, 0.6) is 5.75 Å². The van der Waals surface area contributed by atoms with Crippen LogP contribution in [0.15, 0.2) is 4.79 Å². The first-order chi connectivity index (χ1) is 5.16. The number of hydrogen-bond donors (Lipinski definition) is 2. The van der Waals surface area contributed by atoms with Crippen LogP contribution < -0.4 is 5.56 Å². The predicted molar refractivity (Wildman–Crippen MR) is 36.0 cm³/mol. The van der Waals surface area contributed by atoms with Crippen LogP contribution in [0.4, 0.5) is 0 Å². The van der Waals surface area contributed by atoms with Crippen molar-refractivity contribution in [3.8, 4) is 11.8 Å². The molecule has 0 aliphatic carbocycles. The number of aromatic amines is 1. The van der Waals surface area contributed by atoms with E-state index in [1.165, 1.54) is 6.92 Å². The Balaban J connectivity index is 3.57. The Hall–Kier alpha value is -1.83. The van der Waals surface area contributed by atoms with Gasteiger partial charge in [0.15, 0.2) is 11.3 Å². The number of aromatic nitrogens is 2. The van der Waals surface area contributed by atoms with Crippen molar-refractivity contribution in [1.82, 2.24) is 10.2 Å². The summed E-state index contributed by atoms with van der Waals surface area (Å²) < 4.78 is 0. The van der Waals surface area contributed by atoms with Gasteiger partial charge in [-0.3, -0.25) is 4.79 Å². The van der Waals surface area contributed by atoms with Crippen molar-refractivity contribution in [3.63, 3.8) is 0 Å². The van der Waals surface area contributed by atoms with Gasteiger partial charge < -0.3 is 5.11 Å². The van der Waals surface area contributed by atoms with Crippen LogP contribution in [0.3, 0.4) is 0 Å². The molecule has 0 radical (unpaired) electrons. The summed E-state index contributed by atoms with van der Waals surface area (Å²) in [4.78, 5) is 10.7. The summed E-state index contributed by atoms with van der Waals surface area (Å²) in [6, 6.07) is 1.57. The summed E-state index contributed by atoms with van der Waals surface area (Å²) >= 11 is 0. The fourth-order valence-corrected chi connectivity index (χ4v) is 0.636. The van der Waals surface area contributed by atoms with Gasteiger partial charge in [-0.05, 0) is 6.92 Å². The van der Waals surface area contributed by atoms with Gasteiger partial charge in [0, 0.05) is 0 Å². The molecule has 0 amide bonds. The van der Waals surface area contributed by atoms with E-state index in [4.69, 9.17) is 10.4 Å². The highest BCUT2D eigenvalue weighted by Crippen LogP contribution is 2.12. The summed E-state index contributed by atoms with van der Waals surface area (Å²) in [5, 5.41) is 23.0. The standard InChI is InChI=1S/C6H5N3O2/c1-3-5(10)4(2-7)6(11)9-8-3/h1H3,(H2,9,10,11). The van der Waals surface area contributed by atoms with Crippen molar-refractivity contribution in [2.45, 2.75) is 6.92 Å². The van der Waals surface area contributed by atoms with Gasteiger partial charge in [0.25, 0.3) is 5.56 Å². The lowest BCUT2D eigenvalue weighted by atomic mass is 10.2. The predicted octanol–water partition coefficient (Wildman–Crippen LogP) is -0.344. The van der Waals surface area contributed by atoms with Crippen LogP contribution in [0.25, 0.3) is 0 Å². The SMILES string of the molecule is Cc1n[nH]c(=O)c(C#N)c1O. The molecule has 0 saturated heterocycles. The number of aryl methyl sites for hydroxylation is 1. The van der Waals surface area contributed by atoms with Crippen molar-refractivity contribution in [3.05, 3.63) is 21.6 Å². The zero-order chi connectivity index (χ0) is 8.43. The van der Waals surface area contributed by atoms with Crippen LogP contribution in [-0.2, 0) is 0 Å². The van der Waals surface area contributed by atoms with Crippen molar-refractivity contribution < 1.29 is 5.11 Å². The molecule has 1 aromatic heterocycles. The van der Waals surface area contributed by atoms with Gasteiger partial charge in [-0.25, -0.2) is 5.10 Å². The lowest BCUT2D eigenvalue weighted by molar-refractivity contribution is 0.462. The summed E-state index contributed by atoms with van der Waals surface area (Å²) in [6.45, 7) is 1.49. The van der Waals surface area contributed by atoms with E-state index in [9.17, 15) is 4.79 Å². The molecule has 0 fully saturated rings. The maximum atomic E-state index is 10.7. The fourth-order valence-electron chi connectivity index (χ4n) is 0.636. The average molecular weight is 151 g/mol. The quantitative estimate of drug-likeness (QED) is 0.530. The number of rotatable bonds is 0. The monoisotopic (exact) mass is 151 g/mol. The van der Waals surface area contributed by atoms with E-state index in [-0.39, 0.29) is 17.0 Å². The number of nitrogens with one attached hydrogen (secondary N) is 1. The Morgan fingerprint density at radius 2 is 2.36 bits per heavy atom. The maximum Gasteiger partial charge on any atom is 0.285 e. The molecule has 1 aromatic rings. The highest BCUT2D eigenvalue weighted by Gasteiger charge is 2.08. The van der Waals surface area contributed by atoms with Gasteiger partial charge in [0.1, 0.15) is 11.8 Å². The molecule has 5 nitrogen and oxygen atoms in total. The molecule has 0 atom stereocenters. The van der Waals surface area contributed by atoms with Gasteiger partial charge in [0.05, 0.1) is 0 Å². The Morgan fingerprint density at radius 1 is 1.73 bits per heavy atom. The smallest absolute Gasteiger partial charge is 0.285 e. The Bertz CT molecular complexity index is 374. The zero-order valence-electron chi connectivity index (χ0n) is 5.75. The van der Waals surface area contributed by atoms with Gasteiger partial charge in [-0.2, -0.15) is 10.4 Å². The first-order valence-electron chi connectivity index (χ1n) is 2.85. The molecule has 0 bridgehead atoms. The molecule has 1 heterocycles. The molecule has 0 unspecified atom stereocenters. The maximum absolute atomic E-state index is 10.7. The molecule has 5 heteroatoms. The number of nitriles is 1. The largest absolute Gasteiger partial charge is 0.505 e. The fraction of sp³-hybridized carbons (Fsp3) is 0.167. The van der Waals surface area contributed by atoms with E-state index in [0.29, 0.717) is 0 Å². The van der Waals surface area contributed by atoms with Crippen molar-refractivity contribution in [2.24, 2.45) is 0 Å². The van der Waals surface area contributed by atoms with Crippen LogP contribution in [0, 0.1) is 18.3 Å². The van der Waals surface area contributed by atoms with E-state index in [2.05, 4.69) is 10.2 Å². The molecular weight excluding hydrogens is 146 g/mol. The molecular formula is C6H5N3O2. The molecule has 0 aliphatic heterocycles. The van der Waals surface area contributed by atoms with Crippen LogP contribution in [-0.4, -0.2) is 15.3 Å². The van der Waals surface area contributed by atoms with Gasteiger partial charge in [0.2, 0.25) is 0 Å². The van der Waals surface area contributed by atoms with E-state index in [1.54, 1.807) is 6.07 Å². The lowest BCUT2D eigenvalue weighted by Crippen LogP contribution is -2.12. The Morgan fingerprint density at radius 3 is 2.82 bits per heavy atom. The molecule has 0 saturated carbocycles. The number of aromatic hydroxyl groups is 1. The second kappa shape index (κ2) is 2.42. The van der Waals surface area contributed by atoms with E-state index in [1.807, 2.05) is 0 Å². The first kappa shape index (κ1) is 7.28. The van der Waals surface area contributed by atoms with Gasteiger partial charge >= 0.3 is 0 Å². The van der Waals surface area contributed by atoms with E-state index < -0.39 is 5.56 Å². The number of hydrogen-bond acceptors (Lipinski definition) is 4. The van der Waals surface area contributed by atoms with E-state index in [0.717, 1.165) is 0 Å². The molecule has 56 valence electrons. The molecule has 1 rings (SSSR count). The summed E-state index contributed by atoms with van der Waals surface area (Å²) in [5.41, 5.74) is -0.728. The van der Waals surface area contributed by atoms with Crippen molar-refractivity contribution in [1.29, 1.82) is 5.26 Å². The lowest BCUT2D eigenvalue weighted by Gasteiger charge is -1.95. The summed E-state index contributed by atoms with van der Waals surface area (Å²) in [5.74, 6) is -0.351. The van der Waals surface area contributed by atoms with Crippen LogP contribution >= 0.6 is 0 Å². The third kappa shape index (κ3) is 1.05. The average Bonchev–Trinajstić information content (AvgIpc) is 1.99. The first-order valence-corrected chi connectivity index (χ1v) is 2.85. The highest BCUT2D eigenvalue weighted by molar-refractivity contribution is 5.41. The third-order valence-corrected chi connectivity index (χ3v) is 1.24. The molecule has 0 spiro atoms. The second-order valence-electron chi connectivity index (χ2n) is 1.97. The molecule has 0 aromatic carbocycles. The van der Waals surface area contributed by atoms with Gasteiger partial charge in [-0.15, -0.1) is 0 Å². The molecule has 0 aliphatic rings. The van der Waals surface area contributed by atoms with Gasteiger partial charge in [-0.1, -0.05) is 0 Å².